The van der Waals surface area contributed by atoms with Crippen LogP contribution in [-0.2, 0) is 0 Å². The number of hydrogen-bond acceptors (Lipinski definition) is 5. The van der Waals surface area contributed by atoms with Gasteiger partial charge in [0.25, 0.3) is 5.91 Å². The van der Waals surface area contributed by atoms with Gasteiger partial charge in [0.1, 0.15) is 0 Å². The smallest absolute Gasteiger partial charge is 0.254 e. The standard InChI is InChI=1S/C21H22N4OS/c1-15-5-2-3-7-18(15)23-21-22-10-8-19(24-21)16-6-4-11-25(13-16)20(26)17-9-12-27-14-17/h2-3,5,7-10,12,14,16H,4,6,11,13H2,1H3,(H,22,23,24). The number of nitrogens with one attached hydrogen (secondary N) is 1. The summed E-state index contributed by atoms with van der Waals surface area (Å²) in [5.41, 5.74) is 3.93. The number of amides is 1. The molecule has 3 heterocycles. The molecule has 6 heteroatoms. The topological polar surface area (TPSA) is 58.1 Å². The van der Waals surface area contributed by atoms with E-state index in [4.69, 9.17) is 4.98 Å². The maximum absolute atomic E-state index is 12.7. The minimum atomic E-state index is 0.119. The zero-order valence-electron chi connectivity index (χ0n) is 15.3. The van der Waals surface area contributed by atoms with E-state index in [1.807, 2.05) is 46.0 Å². The van der Waals surface area contributed by atoms with Crippen LogP contribution in [0.2, 0.25) is 0 Å². The maximum Gasteiger partial charge on any atom is 0.254 e. The minimum absolute atomic E-state index is 0.119. The number of hydrogen-bond donors (Lipinski definition) is 1. The van der Waals surface area contributed by atoms with Crippen LogP contribution in [0.5, 0.6) is 0 Å². The van der Waals surface area contributed by atoms with E-state index in [1.165, 1.54) is 0 Å². The molecule has 1 aliphatic heterocycles. The molecule has 4 rings (SSSR count). The number of likely N-dealkylation sites (tertiary alicyclic amines) is 1. The number of benzene rings is 1. The number of carbonyl (C=O) groups excluding carboxylic acids is 1. The molecule has 5 nitrogen and oxygen atoms in total. The number of piperidine rings is 1. The van der Waals surface area contributed by atoms with Gasteiger partial charge in [0.15, 0.2) is 0 Å². The predicted octanol–water partition coefficient (Wildman–Crippen LogP) is 4.61. The number of aromatic nitrogens is 2. The first-order chi connectivity index (χ1) is 13.2. The first-order valence-electron chi connectivity index (χ1n) is 9.18. The van der Waals surface area contributed by atoms with Crippen LogP contribution in [0.4, 0.5) is 11.6 Å². The van der Waals surface area contributed by atoms with Gasteiger partial charge in [-0.3, -0.25) is 4.79 Å². The second-order valence-electron chi connectivity index (χ2n) is 6.85. The van der Waals surface area contributed by atoms with Crippen molar-refractivity contribution in [3.8, 4) is 0 Å². The summed E-state index contributed by atoms with van der Waals surface area (Å²) in [7, 11) is 0. The summed E-state index contributed by atoms with van der Waals surface area (Å²) in [6.07, 6.45) is 3.82. The van der Waals surface area contributed by atoms with Gasteiger partial charge in [0.2, 0.25) is 5.95 Å². The molecule has 0 saturated carbocycles. The Balaban J connectivity index is 1.50. The van der Waals surface area contributed by atoms with Gasteiger partial charge in [0, 0.05) is 36.3 Å². The molecule has 1 unspecified atom stereocenters. The van der Waals surface area contributed by atoms with E-state index >= 15 is 0 Å². The molecule has 2 aromatic heterocycles. The SMILES string of the molecule is Cc1ccccc1Nc1nccc(C2CCCN(C(=O)c3ccsc3)C2)n1. The number of thiophene rings is 1. The third kappa shape index (κ3) is 4.01. The lowest BCUT2D eigenvalue weighted by atomic mass is 9.94. The Morgan fingerprint density at radius 2 is 2.15 bits per heavy atom. The Hall–Kier alpha value is -2.73. The average molecular weight is 379 g/mol. The van der Waals surface area contributed by atoms with Gasteiger partial charge in [-0.2, -0.15) is 11.3 Å². The zero-order valence-corrected chi connectivity index (χ0v) is 16.1. The molecule has 1 amide bonds. The van der Waals surface area contributed by atoms with E-state index in [0.717, 1.165) is 41.9 Å². The second kappa shape index (κ2) is 7.88. The predicted molar refractivity (Wildman–Crippen MR) is 109 cm³/mol. The molecule has 1 fully saturated rings. The molecule has 27 heavy (non-hydrogen) atoms. The van der Waals surface area contributed by atoms with Gasteiger partial charge in [-0.25, -0.2) is 9.97 Å². The number of nitrogens with zero attached hydrogens (tertiary/aromatic N) is 3. The van der Waals surface area contributed by atoms with Crippen LogP contribution in [0.25, 0.3) is 0 Å². The average Bonchev–Trinajstić information content (AvgIpc) is 3.24. The fourth-order valence-corrected chi connectivity index (χ4v) is 4.10. The van der Waals surface area contributed by atoms with Crippen LogP contribution in [0, 0.1) is 6.92 Å². The van der Waals surface area contributed by atoms with Crippen LogP contribution < -0.4 is 5.32 Å². The molecule has 0 aliphatic carbocycles. The van der Waals surface area contributed by atoms with Crippen LogP contribution in [0.1, 0.15) is 40.4 Å². The highest BCUT2D eigenvalue weighted by Gasteiger charge is 2.26. The molecular weight excluding hydrogens is 356 g/mol. The normalized spacial score (nSPS) is 16.9. The zero-order chi connectivity index (χ0) is 18.6. The van der Waals surface area contributed by atoms with Crippen molar-refractivity contribution in [3.05, 3.63) is 70.2 Å². The summed E-state index contributed by atoms with van der Waals surface area (Å²) in [6.45, 7) is 3.57. The van der Waals surface area contributed by atoms with Crippen molar-refractivity contribution in [2.24, 2.45) is 0 Å². The van der Waals surface area contributed by atoms with Crippen molar-refractivity contribution >= 4 is 28.9 Å². The summed E-state index contributed by atoms with van der Waals surface area (Å²) >= 11 is 1.56. The van der Waals surface area contributed by atoms with E-state index in [1.54, 1.807) is 17.5 Å². The first kappa shape index (κ1) is 17.7. The molecular formula is C21H22N4OS. The van der Waals surface area contributed by atoms with Gasteiger partial charge < -0.3 is 10.2 Å². The number of carbonyl (C=O) groups is 1. The van der Waals surface area contributed by atoms with Crippen LogP contribution in [0.15, 0.2) is 53.4 Å². The lowest BCUT2D eigenvalue weighted by Gasteiger charge is -2.32. The van der Waals surface area contributed by atoms with Crippen molar-refractivity contribution in [2.45, 2.75) is 25.7 Å². The van der Waals surface area contributed by atoms with E-state index in [-0.39, 0.29) is 11.8 Å². The third-order valence-corrected chi connectivity index (χ3v) is 5.65. The Morgan fingerprint density at radius 1 is 1.26 bits per heavy atom. The minimum Gasteiger partial charge on any atom is -0.338 e. The van der Waals surface area contributed by atoms with Crippen LogP contribution in [-0.4, -0.2) is 33.9 Å². The Bertz CT molecular complexity index is 925. The molecule has 3 aromatic rings. The summed E-state index contributed by atoms with van der Waals surface area (Å²) in [6, 6.07) is 11.9. The molecule has 138 valence electrons. The summed E-state index contributed by atoms with van der Waals surface area (Å²) < 4.78 is 0. The van der Waals surface area contributed by atoms with Gasteiger partial charge >= 0.3 is 0 Å². The van der Waals surface area contributed by atoms with Crippen molar-refractivity contribution in [1.29, 1.82) is 0 Å². The summed E-state index contributed by atoms with van der Waals surface area (Å²) in [5, 5.41) is 7.17. The van der Waals surface area contributed by atoms with E-state index in [9.17, 15) is 4.79 Å². The molecule has 1 aliphatic rings. The molecule has 1 saturated heterocycles. The molecule has 0 spiro atoms. The van der Waals surface area contributed by atoms with Crippen molar-refractivity contribution in [2.75, 3.05) is 18.4 Å². The number of anilines is 2. The summed E-state index contributed by atoms with van der Waals surface area (Å²) in [5.74, 6) is 0.957. The number of aryl methyl sites for hydroxylation is 1. The second-order valence-corrected chi connectivity index (χ2v) is 7.63. The number of rotatable bonds is 4. The quantitative estimate of drug-likeness (QED) is 0.720. The van der Waals surface area contributed by atoms with Crippen LogP contribution >= 0.6 is 11.3 Å². The van der Waals surface area contributed by atoms with E-state index < -0.39 is 0 Å². The van der Waals surface area contributed by atoms with E-state index in [0.29, 0.717) is 12.5 Å². The highest BCUT2D eigenvalue weighted by Crippen LogP contribution is 2.28. The Kier molecular flexibility index (Phi) is 5.16. The lowest BCUT2D eigenvalue weighted by molar-refractivity contribution is 0.0706. The van der Waals surface area contributed by atoms with Crippen LogP contribution in [0.3, 0.4) is 0 Å². The maximum atomic E-state index is 12.7. The molecule has 1 aromatic carbocycles. The monoisotopic (exact) mass is 378 g/mol. The largest absolute Gasteiger partial charge is 0.338 e. The Labute approximate surface area is 163 Å². The van der Waals surface area contributed by atoms with Gasteiger partial charge in [-0.05, 0) is 48.9 Å². The van der Waals surface area contributed by atoms with Gasteiger partial charge in [0.05, 0.1) is 11.3 Å². The third-order valence-electron chi connectivity index (χ3n) is 4.96. The highest BCUT2D eigenvalue weighted by atomic mass is 32.1. The fraction of sp³-hybridized carbons (Fsp3) is 0.286. The van der Waals surface area contributed by atoms with Crippen molar-refractivity contribution in [1.82, 2.24) is 14.9 Å². The van der Waals surface area contributed by atoms with E-state index in [2.05, 4.69) is 23.3 Å². The summed E-state index contributed by atoms with van der Waals surface area (Å²) in [4.78, 5) is 23.7. The van der Waals surface area contributed by atoms with Crippen molar-refractivity contribution in [3.63, 3.8) is 0 Å². The first-order valence-corrected chi connectivity index (χ1v) is 10.1. The van der Waals surface area contributed by atoms with Crippen molar-refractivity contribution < 1.29 is 4.79 Å². The molecule has 0 radical (unpaired) electrons. The van der Waals surface area contributed by atoms with Gasteiger partial charge in [-0.15, -0.1) is 0 Å². The Morgan fingerprint density at radius 3 is 2.96 bits per heavy atom. The van der Waals surface area contributed by atoms with Gasteiger partial charge in [-0.1, -0.05) is 18.2 Å². The molecule has 1 N–H and O–H groups in total. The molecule has 1 atom stereocenters. The fourth-order valence-electron chi connectivity index (χ4n) is 3.47. The lowest BCUT2D eigenvalue weighted by Crippen LogP contribution is -2.39. The molecule has 0 bridgehead atoms. The highest BCUT2D eigenvalue weighted by molar-refractivity contribution is 7.08. The number of para-hydroxylation sites is 1.